The van der Waals surface area contributed by atoms with Crippen LogP contribution in [0.2, 0.25) is 0 Å². The van der Waals surface area contributed by atoms with E-state index in [4.69, 9.17) is 9.15 Å². The lowest BCUT2D eigenvalue weighted by molar-refractivity contribution is -0.135. The number of halogens is 2. The molecule has 362 valence electrons. The summed E-state index contributed by atoms with van der Waals surface area (Å²) in [7, 11) is 1.75. The molecular weight excluding hydrogens is 873 g/mol. The van der Waals surface area contributed by atoms with Gasteiger partial charge in [0.25, 0.3) is 6.43 Å². The summed E-state index contributed by atoms with van der Waals surface area (Å²) in [6, 6.07) is 8.94. The van der Waals surface area contributed by atoms with Gasteiger partial charge in [0.2, 0.25) is 17.7 Å². The number of aryl methyl sites for hydroxylation is 2. The molecule has 5 fully saturated rings. The highest BCUT2D eigenvalue weighted by Gasteiger charge is 2.33. The number of oxazole rings is 1. The van der Waals surface area contributed by atoms with Crippen LogP contribution in [0.5, 0.6) is 0 Å². The number of aromatic nitrogens is 6. The van der Waals surface area contributed by atoms with Gasteiger partial charge in [0.15, 0.2) is 5.78 Å². The van der Waals surface area contributed by atoms with Crippen molar-refractivity contribution in [3.8, 4) is 11.5 Å². The van der Waals surface area contributed by atoms with Gasteiger partial charge in [-0.05, 0) is 125 Å². The SMILES string of the molecule is Cn1c(=O)n(C2CCC(=O)NC2=O)c2cccc(CN3CCC(OCC4CCN(CC5CCC(n6cc(CC(=O)c7coc(-c8ccnc(CCC9CC9)c8)n7)c(C(F)F)n6)CC5)CC4)CC3)c21. The molecule has 2 aliphatic carbocycles. The molecule has 1 aromatic carbocycles. The van der Waals surface area contributed by atoms with Gasteiger partial charge >= 0.3 is 5.69 Å². The predicted molar refractivity (Wildman–Crippen MR) is 249 cm³/mol. The minimum absolute atomic E-state index is 0.0195. The summed E-state index contributed by atoms with van der Waals surface area (Å²) in [5, 5.41) is 6.73. The lowest BCUT2D eigenvalue weighted by atomic mass is 9.85. The molecule has 3 aliphatic heterocycles. The van der Waals surface area contributed by atoms with Gasteiger partial charge in [-0.2, -0.15) is 5.10 Å². The number of imidazole rings is 1. The summed E-state index contributed by atoms with van der Waals surface area (Å²) < 4.78 is 45.6. The number of nitrogens with zero attached hydrogens (tertiary/aromatic N) is 8. The number of hydrogen-bond donors (Lipinski definition) is 1. The number of ketones is 1. The minimum Gasteiger partial charge on any atom is -0.444 e. The molecule has 5 aliphatic rings. The molecule has 0 radical (unpaired) electrons. The molecule has 4 aromatic heterocycles. The predicted octanol–water partition coefficient (Wildman–Crippen LogP) is 7.39. The number of fused-ring (bicyclic) bond motifs is 1. The summed E-state index contributed by atoms with van der Waals surface area (Å²) in [6.07, 6.45) is 14.8. The van der Waals surface area contributed by atoms with Crippen molar-refractivity contribution >= 4 is 28.6 Å². The fraction of sp³-hybridized carbons (Fsp3) is 0.588. The highest BCUT2D eigenvalue weighted by molar-refractivity contribution is 6.00. The molecule has 17 heteroatoms. The normalized spacial score (nSPS) is 22.7. The standard InChI is InChI=1S/C51H63F2N9O6/c1-58-47-36(3-2-4-42(47)62(51(58)66)43-13-14-45(64)56-49(43)65)28-60-23-18-40(19-24-60)67-30-34-16-21-59(22-17-34)27-33-8-11-39(12-9-33)61-29-37(46(57-61)48(52)53)26-44(63)41-31-68-50(55-41)35-15-20-54-38(25-35)10-7-32-5-6-32/h2-4,15,20,25,29,31-34,39-40,43,48H,5-14,16-19,21-24,26-28,30H2,1H3,(H,56,64,65). The van der Waals surface area contributed by atoms with Crippen molar-refractivity contribution in [1.29, 1.82) is 0 Å². The number of piperidine rings is 3. The Bertz CT molecular complexity index is 2660. The van der Waals surface area contributed by atoms with Crippen molar-refractivity contribution in [3.63, 3.8) is 0 Å². The maximum Gasteiger partial charge on any atom is 0.329 e. The van der Waals surface area contributed by atoms with E-state index in [0.29, 0.717) is 36.2 Å². The van der Waals surface area contributed by atoms with Crippen LogP contribution in [0.25, 0.3) is 22.5 Å². The number of para-hydroxylation sites is 1. The van der Waals surface area contributed by atoms with Gasteiger partial charge in [-0.1, -0.05) is 25.0 Å². The molecule has 15 nitrogen and oxygen atoms in total. The number of ether oxygens (including phenoxy) is 1. The molecule has 0 spiro atoms. The molecule has 7 heterocycles. The first-order valence-electron chi connectivity index (χ1n) is 24.9. The lowest BCUT2D eigenvalue weighted by Gasteiger charge is -2.37. The van der Waals surface area contributed by atoms with Crippen LogP contribution in [0, 0.1) is 17.8 Å². The molecule has 5 aromatic rings. The van der Waals surface area contributed by atoms with Gasteiger partial charge in [-0.25, -0.2) is 18.6 Å². The number of benzene rings is 1. The molecule has 2 amide bonds. The van der Waals surface area contributed by atoms with Crippen molar-refractivity contribution in [1.82, 2.24) is 44.0 Å². The summed E-state index contributed by atoms with van der Waals surface area (Å²) in [5.74, 6) is 1.09. The number of nitrogens with one attached hydrogen (secondary N) is 1. The highest BCUT2D eigenvalue weighted by Crippen LogP contribution is 2.36. The Kier molecular flexibility index (Phi) is 13.8. The zero-order chi connectivity index (χ0) is 46.9. The number of imide groups is 1. The first-order chi connectivity index (χ1) is 33.0. The molecule has 0 bridgehead atoms. The molecular formula is C51H63F2N9O6. The van der Waals surface area contributed by atoms with E-state index in [9.17, 15) is 28.0 Å². The van der Waals surface area contributed by atoms with Gasteiger partial charge in [0.05, 0.1) is 23.2 Å². The van der Waals surface area contributed by atoms with Gasteiger partial charge in [-0.3, -0.25) is 43.4 Å². The van der Waals surface area contributed by atoms with Crippen LogP contribution in [0.15, 0.2) is 58.2 Å². The van der Waals surface area contributed by atoms with Crippen LogP contribution in [0.3, 0.4) is 0 Å². The Morgan fingerprint density at radius 1 is 0.897 bits per heavy atom. The van der Waals surface area contributed by atoms with Crippen LogP contribution in [-0.2, 0) is 40.8 Å². The van der Waals surface area contributed by atoms with Crippen LogP contribution in [0.4, 0.5) is 8.78 Å². The van der Waals surface area contributed by atoms with E-state index < -0.39 is 18.4 Å². The Morgan fingerprint density at radius 3 is 2.41 bits per heavy atom. The molecule has 68 heavy (non-hydrogen) atoms. The van der Waals surface area contributed by atoms with Crippen molar-refractivity contribution < 1.29 is 32.3 Å². The third-order valence-electron chi connectivity index (χ3n) is 15.4. The van der Waals surface area contributed by atoms with Crippen LogP contribution >= 0.6 is 0 Å². The number of carbonyl (C=O) groups is 3. The van der Waals surface area contributed by atoms with Gasteiger partial charge in [0, 0.05) is 81.9 Å². The van der Waals surface area contributed by atoms with Crippen molar-refractivity contribution in [2.24, 2.45) is 24.8 Å². The van der Waals surface area contributed by atoms with Gasteiger partial charge in [-0.15, -0.1) is 0 Å². The molecule has 2 saturated carbocycles. The molecule has 1 unspecified atom stereocenters. The Balaban J connectivity index is 0.643. The fourth-order valence-corrected chi connectivity index (χ4v) is 11.2. The van der Waals surface area contributed by atoms with E-state index >= 15 is 0 Å². The van der Waals surface area contributed by atoms with E-state index in [1.165, 1.54) is 19.1 Å². The lowest BCUT2D eigenvalue weighted by Crippen LogP contribution is -2.44. The maximum absolute atomic E-state index is 14.3. The van der Waals surface area contributed by atoms with E-state index in [1.54, 1.807) is 39.3 Å². The number of alkyl halides is 2. The monoisotopic (exact) mass is 935 g/mol. The average molecular weight is 936 g/mol. The number of rotatable bonds is 17. The number of amides is 2. The Morgan fingerprint density at radius 2 is 1.66 bits per heavy atom. The number of Topliss-reactive ketones (excluding diaryl/α,β-unsaturated/α-hetero) is 1. The second-order valence-corrected chi connectivity index (χ2v) is 20.2. The molecule has 1 atom stereocenters. The van der Waals surface area contributed by atoms with E-state index in [1.807, 2.05) is 18.2 Å². The first kappa shape index (κ1) is 46.3. The molecule has 3 saturated heterocycles. The van der Waals surface area contributed by atoms with Crippen LogP contribution in [0.1, 0.15) is 135 Å². The number of hydrogen-bond acceptors (Lipinski definition) is 11. The summed E-state index contributed by atoms with van der Waals surface area (Å²) in [4.78, 5) is 65.1. The van der Waals surface area contributed by atoms with Gasteiger partial charge < -0.3 is 14.1 Å². The molecule has 10 rings (SSSR count). The number of pyridine rings is 1. The summed E-state index contributed by atoms with van der Waals surface area (Å²) in [5.41, 5.74) is 4.05. The third kappa shape index (κ3) is 10.4. The maximum atomic E-state index is 14.3. The quantitative estimate of drug-likeness (QED) is 0.0731. The minimum atomic E-state index is -2.79. The Labute approximate surface area is 394 Å². The van der Waals surface area contributed by atoms with Crippen molar-refractivity contribution in [2.75, 3.05) is 39.3 Å². The fourth-order valence-electron chi connectivity index (χ4n) is 11.2. The Hall–Kier alpha value is -5.39. The second kappa shape index (κ2) is 20.3. The van der Waals surface area contributed by atoms with Crippen molar-refractivity contribution in [3.05, 3.63) is 87.7 Å². The third-order valence-corrected chi connectivity index (χ3v) is 15.4. The average Bonchev–Trinajstić information content (AvgIpc) is 3.75. The second-order valence-electron chi connectivity index (χ2n) is 20.2. The highest BCUT2D eigenvalue weighted by atomic mass is 19.3. The number of likely N-dealkylation sites (tertiary alicyclic amines) is 2. The van der Waals surface area contributed by atoms with Gasteiger partial charge in [0.1, 0.15) is 23.7 Å². The first-order valence-corrected chi connectivity index (χ1v) is 24.9. The number of carbonyl (C=O) groups excluding carboxylic acids is 3. The zero-order valence-electron chi connectivity index (χ0n) is 39.0. The summed E-state index contributed by atoms with van der Waals surface area (Å²) >= 11 is 0. The molecule has 1 N–H and O–H groups in total. The van der Waals surface area contributed by atoms with E-state index in [2.05, 4.69) is 36.2 Å². The smallest absolute Gasteiger partial charge is 0.329 e. The van der Waals surface area contributed by atoms with Crippen molar-refractivity contribution in [2.45, 2.75) is 127 Å². The van der Waals surface area contributed by atoms with Crippen LogP contribution in [-0.4, -0.2) is 102 Å². The largest absolute Gasteiger partial charge is 0.444 e. The summed E-state index contributed by atoms with van der Waals surface area (Å²) in [6.45, 7) is 6.43. The topological polar surface area (TPSA) is 163 Å². The van der Waals surface area contributed by atoms with E-state index in [-0.39, 0.29) is 59.3 Å². The zero-order valence-corrected chi connectivity index (χ0v) is 39.0. The van der Waals surface area contributed by atoms with E-state index in [0.717, 1.165) is 132 Å². The van der Waals surface area contributed by atoms with Crippen LogP contribution < -0.4 is 11.0 Å².